The van der Waals surface area contributed by atoms with Gasteiger partial charge in [0, 0.05) is 30.7 Å². The van der Waals surface area contributed by atoms with Gasteiger partial charge in [-0.25, -0.2) is 24.3 Å². The summed E-state index contributed by atoms with van der Waals surface area (Å²) in [6.07, 6.45) is 2.79. The first-order valence-corrected chi connectivity index (χ1v) is 13.6. The van der Waals surface area contributed by atoms with Crippen LogP contribution in [0.2, 0.25) is 5.02 Å². The summed E-state index contributed by atoms with van der Waals surface area (Å²) in [7, 11) is 0. The number of piperazine rings is 1. The predicted octanol–water partition coefficient (Wildman–Crippen LogP) is 5.00. The second-order valence-electron chi connectivity index (χ2n) is 10.4. The van der Waals surface area contributed by atoms with Crippen LogP contribution in [0.25, 0.3) is 11.3 Å². The van der Waals surface area contributed by atoms with Gasteiger partial charge in [0.15, 0.2) is 5.82 Å². The smallest absolute Gasteiger partial charge is 0.246 e. The number of nitrogens with two attached hydrogens (primary N) is 1. The number of rotatable bonds is 4. The fourth-order valence-corrected chi connectivity index (χ4v) is 5.61. The highest BCUT2D eigenvalue weighted by atomic mass is 35.5. The largest absolute Gasteiger partial charge is 0.382 e. The van der Waals surface area contributed by atoms with Crippen molar-refractivity contribution in [2.45, 2.75) is 45.7 Å². The molecule has 1 fully saturated rings. The molecule has 5 rings (SSSR count). The predicted molar refractivity (Wildman–Crippen MR) is 156 cm³/mol. The van der Waals surface area contributed by atoms with E-state index in [1.54, 1.807) is 24.3 Å². The van der Waals surface area contributed by atoms with Gasteiger partial charge in [0.05, 0.1) is 22.0 Å². The van der Waals surface area contributed by atoms with E-state index in [-0.39, 0.29) is 30.6 Å². The molecular weight excluding hydrogens is 531 g/mol. The second-order valence-corrected chi connectivity index (χ2v) is 10.8. The lowest BCUT2D eigenvalue weighted by molar-refractivity contribution is -0.130. The maximum atomic E-state index is 14.9. The lowest BCUT2D eigenvalue weighted by Gasteiger charge is -2.46. The van der Waals surface area contributed by atoms with Crippen molar-refractivity contribution in [3.05, 3.63) is 71.4 Å². The first-order valence-electron chi connectivity index (χ1n) is 13.2. The number of amidine groups is 1. The van der Waals surface area contributed by atoms with Gasteiger partial charge in [-0.1, -0.05) is 44.2 Å². The number of aliphatic imine (C=N–C) groups is 1. The van der Waals surface area contributed by atoms with Crippen LogP contribution in [-0.2, 0) is 4.79 Å². The molecule has 0 saturated carbocycles. The average Bonchev–Trinajstić information content (AvgIpc) is 2.93. The van der Waals surface area contributed by atoms with E-state index >= 15 is 0 Å². The summed E-state index contributed by atoms with van der Waals surface area (Å²) in [5.74, 6) is 1.04. The number of carbonyl (C=O) groups excluding carboxylic acids is 1. The van der Waals surface area contributed by atoms with Crippen molar-refractivity contribution in [3.63, 3.8) is 0 Å². The number of hydrogen-bond donors (Lipinski definition) is 1. The van der Waals surface area contributed by atoms with Crippen molar-refractivity contribution in [2.75, 3.05) is 30.4 Å². The molecule has 2 aromatic heterocycles. The Morgan fingerprint density at radius 1 is 1.18 bits per heavy atom. The maximum Gasteiger partial charge on any atom is 0.246 e. The fourth-order valence-electron chi connectivity index (χ4n) is 5.36. The molecule has 11 heteroatoms. The molecule has 0 bridgehead atoms. The highest BCUT2D eigenvalue weighted by Gasteiger charge is 2.37. The SMILES string of the molecule is C=CC(=O)N1CC(C)N(C2=NCN(c3c(N)ncnc3C(C)C)c3nc(-c4ccccc4F)c(Cl)cc32)CC1C. The zero-order valence-corrected chi connectivity index (χ0v) is 23.7. The molecule has 9 nitrogen and oxygen atoms in total. The summed E-state index contributed by atoms with van der Waals surface area (Å²) in [6, 6.07) is 8.06. The van der Waals surface area contributed by atoms with Gasteiger partial charge in [-0.3, -0.25) is 4.79 Å². The Morgan fingerprint density at radius 2 is 1.93 bits per heavy atom. The van der Waals surface area contributed by atoms with E-state index in [0.29, 0.717) is 58.1 Å². The van der Waals surface area contributed by atoms with Crippen LogP contribution in [0.15, 0.2) is 54.3 Å². The standard InChI is InChI=1S/C29H32ClFN8O/c1-6-23(40)37-12-18(5)38(13-17(37)4)28-20-11-21(30)25(19-9-7-8-10-22(19)31)36-29(20)39(15-35-28)26-24(16(2)3)33-14-34-27(26)32/h6-11,14,16-18H,1,12-13,15H2,2-5H3,(H2,32,33,34). The summed E-state index contributed by atoms with van der Waals surface area (Å²) < 4.78 is 14.9. The van der Waals surface area contributed by atoms with Crippen molar-refractivity contribution in [3.8, 4) is 11.3 Å². The van der Waals surface area contributed by atoms with E-state index in [4.69, 9.17) is 27.3 Å². The molecule has 1 aromatic carbocycles. The Bertz CT molecular complexity index is 1510. The van der Waals surface area contributed by atoms with Crippen molar-refractivity contribution in [1.82, 2.24) is 24.8 Å². The minimum atomic E-state index is -0.427. The topological polar surface area (TPSA) is 104 Å². The van der Waals surface area contributed by atoms with Crippen molar-refractivity contribution >= 4 is 40.7 Å². The zero-order valence-electron chi connectivity index (χ0n) is 23.0. The summed E-state index contributed by atoms with van der Waals surface area (Å²) in [4.78, 5) is 37.0. The molecule has 1 amide bonds. The van der Waals surface area contributed by atoms with Crippen LogP contribution >= 0.6 is 11.6 Å². The first kappa shape index (κ1) is 27.5. The Hall–Kier alpha value is -4.05. The second kappa shape index (κ2) is 10.8. The molecule has 3 aromatic rings. The van der Waals surface area contributed by atoms with Crippen LogP contribution in [0.4, 0.5) is 21.7 Å². The molecule has 2 aliphatic heterocycles. The number of aromatic nitrogens is 3. The summed E-state index contributed by atoms with van der Waals surface area (Å²) >= 11 is 6.79. The van der Waals surface area contributed by atoms with Crippen LogP contribution < -0.4 is 10.6 Å². The third kappa shape index (κ3) is 4.77. The van der Waals surface area contributed by atoms with E-state index in [9.17, 15) is 9.18 Å². The molecule has 2 N–H and O–H groups in total. The first-order chi connectivity index (χ1) is 19.1. The van der Waals surface area contributed by atoms with Gasteiger partial charge in [0.1, 0.15) is 36.2 Å². The molecule has 4 heterocycles. The van der Waals surface area contributed by atoms with E-state index < -0.39 is 5.82 Å². The lowest BCUT2D eigenvalue weighted by Crippen LogP contribution is -2.59. The van der Waals surface area contributed by atoms with E-state index in [1.807, 2.05) is 37.5 Å². The maximum absolute atomic E-state index is 14.9. The summed E-state index contributed by atoms with van der Waals surface area (Å²) in [6.45, 7) is 13.0. The molecule has 208 valence electrons. The summed E-state index contributed by atoms with van der Waals surface area (Å²) in [5.41, 5.74) is 9.06. The van der Waals surface area contributed by atoms with Crippen molar-refractivity contribution in [1.29, 1.82) is 0 Å². The van der Waals surface area contributed by atoms with Crippen LogP contribution in [-0.4, -0.2) is 68.3 Å². The van der Waals surface area contributed by atoms with Crippen molar-refractivity contribution < 1.29 is 9.18 Å². The highest BCUT2D eigenvalue weighted by molar-refractivity contribution is 6.33. The van der Waals surface area contributed by atoms with E-state index in [1.165, 1.54) is 18.5 Å². The third-order valence-corrected chi connectivity index (χ3v) is 7.64. The molecule has 2 unspecified atom stereocenters. The normalized spacial score (nSPS) is 19.0. The Balaban J connectivity index is 1.67. The van der Waals surface area contributed by atoms with Gasteiger partial charge in [-0.05, 0) is 44.0 Å². The monoisotopic (exact) mass is 562 g/mol. The molecule has 0 spiro atoms. The van der Waals surface area contributed by atoms with E-state index in [2.05, 4.69) is 21.4 Å². The number of carbonyl (C=O) groups is 1. The van der Waals surface area contributed by atoms with Crippen LogP contribution in [0.1, 0.15) is 44.9 Å². The zero-order chi connectivity index (χ0) is 28.7. The number of amides is 1. The molecule has 2 atom stereocenters. The van der Waals surface area contributed by atoms with Gasteiger partial charge in [-0.2, -0.15) is 0 Å². The van der Waals surface area contributed by atoms with Crippen LogP contribution in [0.3, 0.4) is 0 Å². The van der Waals surface area contributed by atoms with Gasteiger partial charge in [0.2, 0.25) is 5.91 Å². The Morgan fingerprint density at radius 3 is 2.62 bits per heavy atom. The van der Waals surface area contributed by atoms with Gasteiger partial charge < -0.3 is 20.4 Å². The number of anilines is 3. The van der Waals surface area contributed by atoms with E-state index in [0.717, 1.165) is 5.69 Å². The average molecular weight is 563 g/mol. The molecule has 0 aliphatic carbocycles. The number of halogens is 2. The fraction of sp³-hybridized carbons (Fsp3) is 0.345. The Labute approximate surface area is 238 Å². The number of fused-ring (bicyclic) bond motifs is 1. The van der Waals surface area contributed by atoms with Gasteiger partial charge in [-0.15, -0.1) is 0 Å². The quantitative estimate of drug-likeness (QED) is 0.446. The summed E-state index contributed by atoms with van der Waals surface area (Å²) in [5, 5.41) is 0.293. The molecule has 0 radical (unpaired) electrons. The van der Waals surface area contributed by atoms with Gasteiger partial charge >= 0.3 is 0 Å². The lowest BCUT2D eigenvalue weighted by atomic mass is 10.0. The minimum absolute atomic E-state index is 0.0420. The number of pyridine rings is 1. The van der Waals surface area contributed by atoms with Crippen molar-refractivity contribution in [2.24, 2.45) is 4.99 Å². The number of hydrogen-bond acceptors (Lipinski definition) is 8. The minimum Gasteiger partial charge on any atom is -0.382 e. The molecular formula is C29H32ClFN8O. The molecule has 40 heavy (non-hydrogen) atoms. The number of nitrogen functional groups attached to an aromatic ring is 1. The number of benzene rings is 1. The number of nitrogens with zero attached hydrogens (tertiary/aromatic N) is 7. The Kier molecular flexibility index (Phi) is 7.46. The molecule has 2 aliphatic rings. The molecule has 1 saturated heterocycles. The van der Waals surface area contributed by atoms with Crippen LogP contribution in [0.5, 0.6) is 0 Å². The highest BCUT2D eigenvalue weighted by Crippen LogP contribution is 2.41. The van der Waals surface area contributed by atoms with Gasteiger partial charge in [0.25, 0.3) is 0 Å². The van der Waals surface area contributed by atoms with Crippen LogP contribution in [0, 0.1) is 5.82 Å². The third-order valence-electron chi connectivity index (χ3n) is 7.35.